The van der Waals surface area contributed by atoms with Gasteiger partial charge in [0.05, 0.1) is 6.61 Å². The molecule has 0 aromatic heterocycles. The predicted octanol–water partition coefficient (Wildman–Crippen LogP) is 1.95. The molecular formula is C11H13BrFNO3. The van der Waals surface area contributed by atoms with E-state index in [1.54, 1.807) is 0 Å². The van der Waals surface area contributed by atoms with E-state index in [0.717, 1.165) is 0 Å². The number of carboxylic acid groups (broad SMARTS) is 1. The van der Waals surface area contributed by atoms with Crippen molar-refractivity contribution in [1.29, 1.82) is 0 Å². The lowest BCUT2D eigenvalue weighted by Crippen LogP contribution is -2.31. The fourth-order valence-electron chi connectivity index (χ4n) is 1.37. The molecule has 0 aliphatic rings. The molecule has 0 radical (unpaired) electrons. The lowest BCUT2D eigenvalue weighted by atomic mass is 10.1. The van der Waals surface area contributed by atoms with Gasteiger partial charge in [0.2, 0.25) is 0 Å². The molecule has 94 valence electrons. The molecule has 1 unspecified atom stereocenters. The van der Waals surface area contributed by atoms with Crippen LogP contribution in [0.3, 0.4) is 0 Å². The Hall–Kier alpha value is -0.980. The van der Waals surface area contributed by atoms with Gasteiger partial charge in [-0.05, 0) is 17.7 Å². The van der Waals surface area contributed by atoms with Crippen LogP contribution in [0.5, 0.6) is 0 Å². The molecule has 4 nitrogen and oxygen atoms in total. The molecular weight excluding hydrogens is 293 g/mol. The fraction of sp³-hybridized carbons (Fsp3) is 0.364. The number of hydrogen-bond donors (Lipinski definition) is 2. The molecule has 1 aromatic rings. The maximum Gasteiger partial charge on any atom is 0.325 e. The third kappa shape index (κ3) is 4.07. The summed E-state index contributed by atoms with van der Waals surface area (Å²) in [6, 6.07) is 3.02. The van der Waals surface area contributed by atoms with Gasteiger partial charge in [-0.25, -0.2) is 4.39 Å². The number of ether oxygens (including phenoxy) is 1. The number of halogens is 2. The van der Waals surface area contributed by atoms with Crippen molar-refractivity contribution in [1.82, 2.24) is 5.32 Å². The molecule has 1 rings (SSSR count). The number of nitrogens with one attached hydrogen (secondary N) is 1. The van der Waals surface area contributed by atoms with E-state index in [1.807, 2.05) is 0 Å². The molecule has 0 heterocycles. The number of hydrogen-bond acceptors (Lipinski definition) is 3. The summed E-state index contributed by atoms with van der Waals surface area (Å²) >= 11 is 3.15. The number of carbonyl (C=O) groups is 1. The van der Waals surface area contributed by atoms with Crippen molar-refractivity contribution in [2.75, 3.05) is 20.3 Å². The van der Waals surface area contributed by atoms with E-state index in [9.17, 15) is 9.18 Å². The van der Waals surface area contributed by atoms with Gasteiger partial charge in [-0.1, -0.05) is 22.0 Å². The van der Waals surface area contributed by atoms with Crippen molar-refractivity contribution in [3.8, 4) is 0 Å². The van der Waals surface area contributed by atoms with Gasteiger partial charge in [0.25, 0.3) is 0 Å². The van der Waals surface area contributed by atoms with Gasteiger partial charge < -0.3 is 9.84 Å². The maximum absolute atomic E-state index is 12.9. The zero-order chi connectivity index (χ0) is 12.8. The zero-order valence-corrected chi connectivity index (χ0v) is 10.8. The summed E-state index contributed by atoms with van der Waals surface area (Å²) in [6.45, 7) is 0.805. The second-order valence-corrected chi connectivity index (χ2v) is 4.24. The number of rotatable bonds is 6. The van der Waals surface area contributed by atoms with Crippen LogP contribution in [0.2, 0.25) is 0 Å². The highest BCUT2D eigenvalue weighted by molar-refractivity contribution is 9.10. The Labute approximate surface area is 107 Å². The fourth-order valence-corrected chi connectivity index (χ4v) is 1.95. The Balaban J connectivity index is 2.86. The predicted molar refractivity (Wildman–Crippen MR) is 64.4 cm³/mol. The lowest BCUT2D eigenvalue weighted by Gasteiger charge is -2.16. The van der Waals surface area contributed by atoms with E-state index in [1.165, 1.54) is 25.3 Å². The summed E-state index contributed by atoms with van der Waals surface area (Å²) < 4.78 is 18.2. The van der Waals surface area contributed by atoms with E-state index in [-0.39, 0.29) is 0 Å². The highest BCUT2D eigenvalue weighted by Crippen LogP contribution is 2.24. The first-order valence-electron chi connectivity index (χ1n) is 4.96. The average Bonchev–Trinajstić information content (AvgIpc) is 2.25. The average molecular weight is 306 g/mol. The normalized spacial score (nSPS) is 12.4. The molecule has 0 saturated carbocycles. The summed E-state index contributed by atoms with van der Waals surface area (Å²) in [5.74, 6) is -1.44. The molecule has 1 aromatic carbocycles. The molecule has 2 N–H and O–H groups in total. The SMILES string of the molecule is COCCNC(C(=O)O)c1ccc(F)cc1Br. The van der Waals surface area contributed by atoms with Gasteiger partial charge in [-0.3, -0.25) is 10.1 Å². The van der Waals surface area contributed by atoms with Crippen LogP contribution in [0.15, 0.2) is 22.7 Å². The third-order valence-corrected chi connectivity index (χ3v) is 2.86. The smallest absolute Gasteiger partial charge is 0.325 e. The minimum atomic E-state index is -1.02. The molecule has 0 saturated heterocycles. The molecule has 0 bridgehead atoms. The van der Waals surface area contributed by atoms with Crippen molar-refractivity contribution in [3.63, 3.8) is 0 Å². The number of carboxylic acids is 1. The van der Waals surface area contributed by atoms with Crippen LogP contribution in [0.4, 0.5) is 4.39 Å². The van der Waals surface area contributed by atoms with Gasteiger partial charge in [-0.2, -0.15) is 0 Å². The van der Waals surface area contributed by atoms with Crippen LogP contribution < -0.4 is 5.32 Å². The third-order valence-electron chi connectivity index (χ3n) is 2.18. The van der Waals surface area contributed by atoms with Crippen LogP contribution in [0, 0.1) is 5.82 Å². The van der Waals surface area contributed by atoms with E-state index >= 15 is 0 Å². The number of aliphatic carboxylic acids is 1. The van der Waals surface area contributed by atoms with Crippen molar-refractivity contribution >= 4 is 21.9 Å². The maximum atomic E-state index is 12.9. The number of methoxy groups -OCH3 is 1. The van der Waals surface area contributed by atoms with Crippen LogP contribution >= 0.6 is 15.9 Å². The molecule has 17 heavy (non-hydrogen) atoms. The topological polar surface area (TPSA) is 58.6 Å². The molecule has 0 spiro atoms. The molecule has 6 heteroatoms. The highest BCUT2D eigenvalue weighted by atomic mass is 79.9. The van der Waals surface area contributed by atoms with Gasteiger partial charge in [0, 0.05) is 18.1 Å². The van der Waals surface area contributed by atoms with Gasteiger partial charge in [-0.15, -0.1) is 0 Å². The zero-order valence-electron chi connectivity index (χ0n) is 9.24. The van der Waals surface area contributed by atoms with Crippen LogP contribution in [-0.4, -0.2) is 31.3 Å². The molecule has 0 aliphatic carbocycles. The van der Waals surface area contributed by atoms with E-state index in [0.29, 0.717) is 23.2 Å². The molecule has 0 aliphatic heterocycles. The Morgan fingerprint density at radius 3 is 2.88 bits per heavy atom. The molecule has 0 amide bonds. The summed E-state index contributed by atoms with van der Waals surface area (Å²) in [4.78, 5) is 11.1. The Morgan fingerprint density at radius 1 is 1.65 bits per heavy atom. The van der Waals surface area contributed by atoms with Crippen LogP contribution in [-0.2, 0) is 9.53 Å². The van der Waals surface area contributed by atoms with E-state index < -0.39 is 17.8 Å². The largest absolute Gasteiger partial charge is 0.480 e. The second kappa shape index (κ2) is 6.68. The van der Waals surface area contributed by atoms with Crippen LogP contribution in [0.1, 0.15) is 11.6 Å². The van der Waals surface area contributed by atoms with Gasteiger partial charge in [0.15, 0.2) is 0 Å². The standard InChI is InChI=1S/C11H13BrFNO3/c1-17-5-4-14-10(11(15)16)8-3-2-7(13)6-9(8)12/h2-3,6,10,14H,4-5H2,1H3,(H,15,16). The first kappa shape index (κ1) is 14.1. The monoisotopic (exact) mass is 305 g/mol. The quantitative estimate of drug-likeness (QED) is 0.789. The summed E-state index contributed by atoms with van der Waals surface area (Å²) in [5.41, 5.74) is 0.481. The minimum absolute atomic E-state index is 0.400. The van der Waals surface area contributed by atoms with Crippen molar-refractivity contribution in [2.24, 2.45) is 0 Å². The second-order valence-electron chi connectivity index (χ2n) is 3.38. The molecule has 0 fully saturated rings. The van der Waals surface area contributed by atoms with E-state index in [2.05, 4.69) is 21.2 Å². The Morgan fingerprint density at radius 2 is 2.35 bits per heavy atom. The van der Waals surface area contributed by atoms with Crippen molar-refractivity contribution in [2.45, 2.75) is 6.04 Å². The van der Waals surface area contributed by atoms with Crippen molar-refractivity contribution < 1.29 is 19.0 Å². The molecule has 1 atom stereocenters. The minimum Gasteiger partial charge on any atom is -0.480 e. The van der Waals surface area contributed by atoms with E-state index in [4.69, 9.17) is 9.84 Å². The van der Waals surface area contributed by atoms with Gasteiger partial charge >= 0.3 is 5.97 Å². The first-order valence-corrected chi connectivity index (χ1v) is 5.75. The summed E-state index contributed by atoms with van der Waals surface area (Å²) in [5, 5.41) is 11.9. The Bertz CT molecular complexity index is 400. The first-order chi connectivity index (χ1) is 8.06. The number of benzene rings is 1. The van der Waals surface area contributed by atoms with Crippen molar-refractivity contribution in [3.05, 3.63) is 34.1 Å². The summed E-state index contributed by atoms with van der Waals surface area (Å²) in [6.07, 6.45) is 0. The summed E-state index contributed by atoms with van der Waals surface area (Å²) in [7, 11) is 1.53. The van der Waals surface area contributed by atoms with Gasteiger partial charge in [0.1, 0.15) is 11.9 Å². The lowest BCUT2D eigenvalue weighted by molar-refractivity contribution is -0.139. The van der Waals surface area contributed by atoms with Crippen LogP contribution in [0.25, 0.3) is 0 Å². The highest BCUT2D eigenvalue weighted by Gasteiger charge is 2.21. The Kier molecular flexibility index (Phi) is 5.54.